The van der Waals surface area contributed by atoms with Gasteiger partial charge in [-0.1, -0.05) is 25.0 Å². The Morgan fingerprint density at radius 2 is 1.95 bits per heavy atom. The second-order valence-corrected chi connectivity index (χ2v) is 5.40. The van der Waals surface area contributed by atoms with Gasteiger partial charge in [-0.2, -0.15) is 0 Å². The number of aryl methyl sites for hydroxylation is 1. The van der Waals surface area contributed by atoms with E-state index < -0.39 is 23.3 Å². The molecule has 0 aliphatic heterocycles. The molecule has 5 heteroatoms. The van der Waals surface area contributed by atoms with E-state index in [-0.39, 0.29) is 5.56 Å². The number of nitrogens with two attached hydrogens (primary N) is 1. The van der Waals surface area contributed by atoms with Crippen molar-refractivity contribution < 1.29 is 13.5 Å². The zero-order valence-corrected chi connectivity index (χ0v) is 12.0. The second kappa shape index (κ2) is 6.16. The van der Waals surface area contributed by atoms with Crippen molar-refractivity contribution in [3.63, 3.8) is 0 Å². The highest BCUT2D eigenvalue weighted by Crippen LogP contribution is 2.43. The molecule has 0 aromatic heterocycles. The molecule has 1 fully saturated rings. The number of ether oxygens (including phenoxy) is 1. The molecule has 0 amide bonds. The van der Waals surface area contributed by atoms with Gasteiger partial charge in [-0.25, -0.2) is 14.2 Å². The number of benzene rings is 1. The smallest absolute Gasteiger partial charge is 0.164 e. The summed E-state index contributed by atoms with van der Waals surface area (Å²) >= 11 is 0. The van der Waals surface area contributed by atoms with Gasteiger partial charge in [0.2, 0.25) is 0 Å². The first kappa shape index (κ1) is 15.4. The molecule has 112 valence electrons. The molecule has 3 nitrogen and oxygen atoms in total. The zero-order chi connectivity index (χ0) is 14.8. The lowest BCUT2D eigenvalue weighted by Gasteiger charge is -2.37. The normalized spacial score (nSPS) is 19.2. The van der Waals surface area contributed by atoms with Gasteiger partial charge in [0, 0.05) is 12.2 Å². The summed E-state index contributed by atoms with van der Waals surface area (Å²) in [5.74, 6) is 3.99. The molecule has 1 aromatic rings. The Labute approximate surface area is 118 Å². The molecule has 0 saturated heterocycles. The van der Waals surface area contributed by atoms with Crippen LogP contribution in [0.25, 0.3) is 0 Å². The van der Waals surface area contributed by atoms with E-state index in [1.54, 1.807) is 19.1 Å². The van der Waals surface area contributed by atoms with Crippen molar-refractivity contribution in [3.05, 3.63) is 34.9 Å². The number of hydrazine groups is 1. The van der Waals surface area contributed by atoms with Crippen molar-refractivity contribution in [3.8, 4) is 0 Å². The third-order valence-corrected chi connectivity index (χ3v) is 4.19. The molecule has 20 heavy (non-hydrogen) atoms. The van der Waals surface area contributed by atoms with Gasteiger partial charge in [0.1, 0.15) is 0 Å². The van der Waals surface area contributed by atoms with Crippen molar-refractivity contribution in [1.29, 1.82) is 0 Å². The lowest BCUT2D eigenvalue weighted by atomic mass is 9.86. The fraction of sp³-hybridized carbons (Fsp3) is 0.600. The first-order valence-corrected chi connectivity index (χ1v) is 7.10. The van der Waals surface area contributed by atoms with Crippen LogP contribution in [-0.4, -0.2) is 12.2 Å². The molecule has 0 bridgehead atoms. The fourth-order valence-electron chi connectivity index (χ4n) is 3.19. The van der Waals surface area contributed by atoms with Crippen LogP contribution in [0.5, 0.6) is 0 Å². The highest BCUT2D eigenvalue weighted by atomic mass is 19.2. The van der Waals surface area contributed by atoms with E-state index in [0.29, 0.717) is 12.2 Å². The molecule has 1 aliphatic carbocycles. The van der Waals surface area contributed by atoms with Crippen molar-refractivity contribution in [1.82, 2.24) is 5.43 Å². The molecule has 0 spiro atoms. The van der Waals surface area contributed by atoms with Crippen LogP contribution in [0, 0.1) is 18.6 Å². The van der Waals surface area contributed by atoms with Crippen LogP contribution in [0.4, 0.5) is 8.78 Å². The van der Waals surface area contributed by atoms with Gasteiger partial charge in [0.15, 0.2) is 11.6 Å². The lowest BCUT2D eigenvalue weighted by Crippen LogP contribution is -2.47. The highest BCUT2D eigenvalue weighted by molar-refractivity contribution is 5.30. The Balaban J connectivity index is 2.43. The summed E-state index contributed by atoms with van der Waals surface area (Å²) in [6.07, 6.45) is 3.61. The van der Waals surface area contributed by atoms with Crippen LogP contribution in [0.2, 0.25) is 0 Å². The Morgan fingerprint density at radius 1 is 1.30 bits per heavy atom. The topological polar surface area (TPSA) is 47.3 Å². The zero-order valence-electron chi connectivity index (χ0n) is 12.0. The van der Waals surface area contributed by atoms with E-state index in [9.17, 15) is 8.78 Å². The Morgan fingerprint density at radius 3 is 2.50 bits per heavy atom. The van der Waals surface area contributed by atoms with Gasteiger partial charge in [-0.05, 0) is 32.3 Å². The quantitative estimate of drug-likeness (QED) is 0.645. The van der Waals surface area contributed by atoms with Crippen LogP contribution < -0.4 is 11.3 Å². The maximum absolute atomic E-state index is 14.2. The van der Waals surface area contributed by atoms with Crippen LogP contribution in [0.3, 0.4) is 0 Å². The molecule has 2 rings (SSSR count). The van der Waals surface area contributed by atoms with Crippen molar-refractivity contribution in [2.45, 2.75) is 51.2 Å². The first-order chi connectivity index (χ1) is 9.55. The van der Waals surface area contributed by atoms with Crippen molar-refractivity contribution in [2.75, 3.05) is 6.61 Å². The summed E-state index contributed by atoms with van der Waals surface area (Å²) < 4.78 is 33.9. The molecule has 1 unspecified atom stereocenters. The molecule has 1 saturated carbocycles. The average molecular weight is 284 g/mol. The Bertz CT molecular complexity index is 473. The number of nitrogens with one attached hydrogen (secondary N) is 1. The largest absolute Gasteiger partial charge is 0.373 e. The van der Waals surface area contributed by atoms with Crippen molar-refractivity contribution in [2.24, 2.45) is 5.84 Å². The minimum Gasteiger partial charge on any atom is -0.373 e. The molecule has 0 heterocycles. The molecular formula is C15H22F2N2O. The van der Waals surface area contributed by atoms with Gasteiger partial charge in [0.25, 0.3) is 0 Å². The van der Waals surface area contributed by atoms with E-state index in [2.05, 4.69) is 5.43 Å². The number of rotatable bonds is 5. The predicted octanol–water partition coefficient (Wildman–Crippen LogP) is 3.13. The molecule has 1 atom stereocenters. The van der Waals surface area contributed by atoms with E-state index in [1.165, 1.54) is 0 Å². The summed E-state index contributed by atoms with van der Waals surface area (Å²) in [6.45, 7) is 3.97. The van der Waals surface area contributed by atoms with Gasteiger partial charge in [-0.3, -0.25) is 5.84 Å². The van der Waals surface area contributed by atoms with Crippen LogP contribution in [0.15, 0.2) is 12.1 Å². The third-order valence-electron chi connectivity index (χ3n) is 4.19. The average Bonchev–Trinajstić information content (AvgIpc) is 2.89. The summed E-state index contributed by atoms with van der Waals surface area (Å²) in [4.78, 5) is 0. The lowest BCUT2D eigenvalue weighted by molar-refractivity contribution is -0.0635. The summed E-state index contributed by atoms with van der Waals surface area (Å²) in [6, 6.07) is 2.63. The Hall–Kier alpha value is -1.04. The summed E-state index contributed by atoms with van der Waals surface area (Å²) in [5, 5.41) is 0. The van der Waals surface area contributed by atoms with Crippen LogP contribution in [0.1, 0.15) is 49.8 Å². The monoisotopic (exact) mass is 284 g/mol. The molecule has 0 radical (unpaired) electrons. The summed E-state index contributed by atoms with van der Waals surface area (Å²) in [7, 11) is 0. The van der Waals surface area contributed by atoms with Crippen LogP contribution in [-0.2, 0) is 4.74 Å². The second-order valence-electron chi connectivity index (χ2n) is 5.40. The number of hydrogen-bond donors (Lipinski definition) is 2. The highest BCUT2D eigenvalue weighted by Gasteiger charge is 2.44. The first-order valence-electron chi connectivity index (χ1n) is 7.10. The van der Waals surface area contributed by atoms with E-state index in [4.69, 9.17) is 10.6 Å². The third kappa shape index (κ3) is 2.57. The number of halogens is 2. The molecule has 1 aromatic carbocycles. The van der Waals surface area contributed by atoms with Gasteiger partial charge in [0.05, 0.1) is 11.6 Å². The minimum atomic E-state index is -0.834. The molecular weight excluding hydrogens is 262 g/mol. The predicted molar refractivity (Wildman–Crippen MR) is 74.0 cm³/mol. The Kier molecular flexibility index (Phi) is 4.73. The van der Waals surface area contributed by atoms with Crippen molar-refractivity contribution >= 4 is 0 Å². The fourth-order valence-corrected chi connectivity index (χ4v) is 3.19. The maximum Gasteiger partial charge on any atom is 0.164 e. The van der Waals surface area contributed by atoms with Gasteiger partial charge in [-0.15, -0.1) is 0 Å². The van der Waals surface area contributed by atoms with Crippen LogP contribution >= 0.6 is 0 Å². The molecule has 3 N–H and O–H groups in total. The van der Waals surface area contributed by atoms with E-state index in [0.717, 1.165) is 25.7 Å². The van der Waals surface area contributed by atoms with Gasteiger partial charge < -0.3 is 4.74 Å². The standard InChI is InChI=1S/C15H22F2N2O/c1-3-20-15(8-4-5-9-15)14(19-18)11-7-6-10(2)12(16)13(11)17/h6-7,14,19H,3-5,8-9,18H2,1-2H3. The SMILES string of the molecule is CCOC1(C(NN)c2ccc(C)c(F)c2F)CCCC1. The number of hydrogen-bond acceptors (Lipinski definition) is 3. The minimum absolute atomic E-state index is 0.242. The van der Waals surface area contributed by atoms with E-state index in [1.807, 2.05) is 6.92 Å². The van der Waals surface area contributed by atoms with E-state index >= 15 is 0 Å². The summed E-state index contributed by atoms with van der Waals surface area (Å²) in [5.41, 5.74) is 2.62. The molecule has 1 aliphatic rings. The maximum atomic E-state index is 14.2. The van der Waals surface area contributed by atoms with Gasteiger partial charge >= 0.3 is 0 Å².